The minimum absolute atomic E-state index is 0.0485. The van der Waals surface area contributed by atoms with Crippen LogP contribution in [0.4, 0.5) is 11.5 Å². The van der Waals surface area contributed by atoms with E-state index in [4.69, 9.17) is 14.5 Å². The molecule has 1 N–H and O–H groups in total. The van der Waals surface area contributed by atoms with Gasteiger partial charge in [-0.15, -0.1) is 0 Å². The van der Waals surface area contributed by atoms with Crippen molar-refractivity contribution in [1.29, 1.82) is 0 Å². The van der Waals surface area contributed by atoms with Crippen molar-refractivity contribution < 1.29 is 14.3 Å². The van der Waals surface area contributed by atoms with Crippen molar-refractivity contribution >= 4 is 23.1 Å². The zero-order valence-electron chi connectivity index (χ0n) is 20.1. The summed E-state index contributed by atoms with van der Waals surface area (Å²) in [7, 11) is 5.28. The number of anilines is 2. The second kappa shape index (κ2) is 9.63. The van der Waals surface area contributed by atoms with Crippen molar-refractivity contribution in [2.24, 2.45) is 0 Å². The molecule has 4 aromatic rings. The first kappa shape index (κ1) is 22.7. The molecule has 2 aromatic heterocycles. The standard InChI is InChI=1S/C26H28N6O3/c1-30-11-13-31(14-12-30)26(33)19-6-4-5-18(15-19)21-17-32-10-9-27-25(32)24(29-21)28-20-7-8-22(34-2)23(16-20)35-3/h4-10,15-17H,11-14H2,1-3H3,(H,28,29). The van der Waals surface area contributed by atoms with Crippen molar-refractivity contribution in [2.75, 3.05) is 52.8 Å². The molecule has 0 radical (unpaired) electrons. The molecule has 9 nitrogen and oxygen atoms in total. The van der Waals surface area contributed by atoms with Crippen molar-refractivity contribution in [3.05, 3.63) is 66.6 Å². The third kappa shape index (κ3) is 4.63. The number of hydrogen-bond donors (Lipinski definition) is 1. The Balaban J connectivity index is 1.47. The molecule has 35 heavy (non-hydrogen) atoms. The molecule has 9 heteroatoms. The highest BCUT2D eigenvalue weighted by molar-refractivity contribution is 5.95. The molecule has 180 valence electrons. The molecule has 1 fully saturated rings. The molecule has 0 bridgehead atoms. The van der Waals surface area contributed by atoms with E-state index in [1.165, 1.54) is 0 Å². The van der Waals surface area contributed by atoms with Crippen LogP contribution >= 0.6 is 0 Å². The van der Waals surface area contributed by atoms with Gasteiger partial charge in [-0.3, -0.25) is 4.79 Å². The average Bonchev–Trinajstić information content (AvgIpc) is 3.38. The van der Waals surface area contributed by atoms with Crippen LogP contribution in [0.15, 0.2) is 61.1 Å². The number of nitrogens with zero attached hydrogens (tertiary/aromatic N) is 5. The van der Waals surface area contributed by atoms with Crippen molar-refractivity contribution in [3.8, 4) is 22.8 Å². The second-order valence-corrected chi connectivity index (χ2v) is 8.50. The van der Waals surface area contributed by atoms with Crippen LogP contribution in [0.1, 0.15) is 10.4 Å². The Hall–Kier alpha value is -4.11. The lowest BCUT2D eigenvalue weighted by atomic mass is 10.1. The van der Waals surface area contributed by atoms with Gasteiger partial charge in [-0.05, 0) is 31.3 Å². The quantitative estimate of drug-likeness (QED) is 0.459. The molecule has 3 heterocycles. The number of amides is 1. The Labute approximate surface area is 203 Å². The maximum Gasteiger partial charge on any atom is 0.253 e. The van der Waals surface area contributed by atoms with Gasteiger partial charge in [0.1, 0.15) is 0 Å². The summed E-state index contributed by atoms with van der Waals surface area (Å²) in [5.41, 5.74) is 3.72. The van der Waals surface area contributed by atoms with Crippen LogP contribution < -0.4 is 14.8 Å². The third-order valence-corrected chi connectivity index (χ3v) is 6.22. The van der Waals surface area contributed by atoms with Crippen LogP contribution in [0, 0.1) is 0 Å². The normalized spacial score (nSPS) is 14.2. The number of benzene rings is 2. The van der Waals surface area contributed by atoms with Crippen LogP contribution in [-0.2, 0) is 0 Å². The van der Waals surface area contributed by atoms with Crippen molar-refractivity contribution in [1.82, 2.24) is 24.2 Å². The first-order valence-electron chi connectivity index (χ1n) is 11.5. The van der Waals surface area contributed by atoms with E-state index in [2.05, 4.69) is 22.2 Å². The van der Waals surface area contributed by atoms with Gasteiger partial charge in [0.15, 0.2) is 23.0 Å². The molecule has 0 aliphatic carbocycles. The number of piperazine rings is 1. The van der Waals surface area contributed by atoms with E-state index >= 15 is 0 Å². The lowest BCUT2D eigenvalue weighted by Gasteiger charge is -2.32. The number of aromatic nitrogens is 3. The Kier molecular flexibility index (Phi) is 6.24. The minimum Gasteiger partial charge on any atom is -0.493 e. The van der Waals surface area contributed by atoms with Gasteiger partial charge in [0.25, 0.3) is 5.91 Å². The monoisotopic (exact) mass is 472 g/mol. The largest absolute Gasteiger partial charge is 0.493 e. The predicted molar refractivity (Wildman–Crippen MR) is 135 cm³/mol. The smallest absolute Gasteiger partial charge is 0.253 e. The maximum absolute atomic E-state index is 13.1. The fourth-order valence-electron chi connectivity index (χ4n) is 4.21. The molecule has 1 saturated heterocycles. The molecule has 0 saturated carbocycles. The Morgan fingerprint density at radius 2 is 1.80 bits per heavy atom. The number of methoxy groups -OCH3 is 2. The molecule has 0 spiro atoms. The fourth-order valence-corrected chi connectivity index (χ4v) is 4.21. The number of nitrogens with one attached hydrogen (secondary N) is 1. The third-order valence-electron chi connectivity index (χ3n) is 6.22. The highest BCUT2D eigenvalue weighted by atomic mass is 16.5. The predicted octanol–water partition coefficient (Wildman–Crippen LogP) is 3.54. The van der Waals surface area contributed by atoms with E-state index in [0.717, 1.165) is 43.1 Å². The zero-order chi connectivity index (χ0) is 24.4. The number of fused-ring (bicyclic) bond motifs is 1. The molecular formula is C26H28N6O3. The molecule has 0 unspecified atom stereocenters. The average molecular weight is 473 g/mol. The van der Waals surface area contributed by atoms with Crippen LogP contribution in [0.5, 0.6) is 11.5 Å². The zero-order valence-corrected chi connectivity index (χ0v) is 20.1. The first-order valence-corrected chi connectivity index (χ1v) is 11.5. The molecule has 1 amide bonds. The number of carbonyl (C=O) groups excluding carboxylic acids is 1. The van der Waals surface area contributed by atoms with Crippen LogP contribution in [-0.4, -0.2) is 77.5 Å². The van der Waals surface area contributed by atoms with Gasteiger partial charge in [0.05, 0.1) is 19.9 Å². The molecule has 5 rings (SSSR count). The van der Waals surface area contributed by atoms with E-state index in [1.54, 1.807) is 20.4 Å². The number of carbonyl (C=O) groups is 1. The van der Waals surface area contributed by atoms with Gasteiger partial charge in [0.2, 0.25) is 0 Å². The number of imidazole rings is 1. The molecule has 1 aliphatic heterocycles. The van der Waals surface area contributed by atoms with Gasteiger partial charge in [-0.25, -0.2) is 9.97 Å². The molecule has 0 atom stereocenters. The number of hydrogen-bond acceptors (Lipinski definition) is 7. The lowest BCUT2D eigenvalue weighted by Crippen LogP contribution is -2.47. The summed E-state index contributed by atoms with van der Waals surface area (Å²) < 4.78 is 12.7. The van der Waals surface area contributed by atoms with E-state index in [1.807, 2.05) is 64.2 Å². The van der Waals surface area contributed by atoms with Crippen LogP contribution in [0.3, 0.4) is 0 Å². The van der Waals surface area contributed by atoms with Gasteiger partial charge >= 0.3 is 0 Å². The van der Waals surface area contributed by atoms with E-state index in [-0.39, 0.29) is 5.91 Å². The van der Waals surface area contributed by atoms with Gasteiger partial charge in [-0.1, -0.05) is 12.1 Å². The summed E-state index contributed by atoms with van der Waals surface area (Å²) in [5, 5.41) is 3.35. The van der Waals surface area contributed by atoms with Crippen molar-refractivity contribution in [3.63, 3.8) is 0 Å². The Bertz CT molecular complexity index is 1360. The molecular weight excluding hydrogens is 444 g/mol. The second-order valence-electron chi connectivity index (χ2n) is 8.50. The lowest BCUT2D eigenvalue weighted by molar-refractivity contribution is 0.0664. The van der Waals surface area contributed by atoms with Gasteiger partial charge < -0.3 is 29.0 Å². The molecule has 2 aromatic carbocycles. The summed E-state index contributed by atoms with van der Waals surface area (Å²) in [6.45, 7) is 3.24. The highest BCUT2D eigenvalue weighted by Gasteiger charge is 2.21. The minimum atomic E-state index is 0.0485. The maximum atomic E-state index is 13.1. The number of likely N-dealkylation sites (N-methyl/N-ethyl adjacent to an activating group) is 1. The fraction of sp³-hybridized carbons (Fsp3) is 0.269. The summed E-state index contributed by atoms with van der Waals surface area (Å²) in [6, 6.07) is 13.2. The van der Waals surface area contributed by atoms with E-state index in [9.17, 15) is 4.79 Å². The number of rotatable bonds is 6. The van der Waals surface area contributed by atoms with Gasteiger partial charge in [0, 0.05) is 67.7 Å². The van der Waals surface area contributed by atoms with Crippen LogP contribution in [0.25, 0.3) is 16.9 Å². The van der Waals surface area contributed by atoms with Crippen molar-refractivity contribution in [2.45, 2.75) is 0 Å². The van der Waals surface area contributed by atoms with Gasteiger partial charge in [-0.2, -0.15) is 0 Å². The summed E-state index contributed by atoms with van der Waals surface area (Å²) in [5.74, 6) is 1.90. The van der Waals surface area contributed by atoms with E-state index in [0.29, 0.717) is 28.5 Å². The molecule has 1 aliphatic rings. The number of ether oxygens (including phenoxy) is 2. The SMILES string of the molecule is COc1ccc(Nc2nc(-c3cccc(C(=O)N4CCN(C)CC4)c3)cn3ccnc23)cc1OC. The summed E-state index contributed by atoms with van der Waals surface area (Å²) in [6.07, 6.45) is 5.52. The Morgan fingerprint density at radius 1 is 1.00 bits per heavy atom. The summed E-state index contributed by atoms with van der Waals surface area (Å²) >= 11 is 0. The Morgan fingerprint density at radius 3 is 2.57 bits per heavy atom. The van der Waals surface area contributed by atoms with E-state index < -0.39 is 0 Å². The first-order chi connectivity index (χ1) is 17.1. The topological polar surface area (TPSA) is 84.2 Å². The summed E-state index contributed by atoms with van der Waals surface area (Å²) in [4.78, 5) is 26.6. The van der Waals surface area contributed by atoms with Crippen LogP contribution in [0.2, 0.25) is 0 Å². The highest BCUT2D eigenvalue weighted by Crippen LogP contribution is 2.32.